The Hall–Kier alpha value is -4.79. The van der Waals surface area contributed by atoms with Crippen molar-refractivity contribution >= 4 is 17.9 Å². The minimum absolute atomic E-state index is 0.558. The van der Waals surface area contributed by atoms with Crippen molar-refractivity contribution in [2.24, 2.45) is 7.05 Å². The maximum atomic E-state index is 9.10. The number of benzene rings is 3. The minimum Gasteiger partial charge on any atom is -0.494 e. The van der Waals surface area contributed by atoms with Gasteiger partial charge >= 0.3 is 11.9 Å². The van der Waals surface area contributed by atoms with Crippen LogP contribution in [0.2, 0.25) is 0 Å². The highest BCUT2D eigenvalue weighted by Crippen LogP contribution is 2.25. The number of anilines is 1. The predicted molar refractivity (Wildman–Crippen MR) is 140 cm³/mol. The van der Waals surface area contributed by atoms with Crippen LogP contribution in [-0.4, -0.2) is 38.3 Å². The molecule has 0 saturated carbocycles. The Morgan fingerprint density at radius 2 is 1.54 bits per heavy atom. The lowest BCUT2D eigenvalue weighted by atomic mass is 10.1. The van der Waals surface area contributed by atoms with Crippen molar-refractivity contribution < 1.29 is 29.3 Å². The van der Waals surface area contributed by atoms with Gasteiger partial charge in [-0.05, 0) is 54.4 Å². The lowest BCUT2D eigenvalue weighted by Crippen LogP contribution is -2.09. The van der Waals surface area contributed by atoms with Crippen molar-refractivity contribution in [3.63, 3.8) is 0 Å². The van der Waals surface area contributed by atoms with Gasteiger partial charge in [-0.1, -0.05) is 42.5 Å². The monoisotopic (exact) mass is 503 g/mol. The lowest BCUT2D eigenvalue weighted by molar-refractivity contribution is -0.159. The molecular formula is C28H29N3O6. The highest BCUT2D eigenvalue weighted by molar-refractivity contribution is 6.27. The Morgan fingerprint density at radius 1 is 0.865 bits per heavy atom. The number of carboxylic acid groups (broad SMARTS) is 2. The van der Waals surface area contributed by atoms with E-state index < -0.39 is 11.9 Å². The first-order chi connectivity index (χ1) is 17.9. The van der Waals surface area contributed by atoms with Gasteiger partial charge in [0.25, 0.3) is 0 Å². The van der Waals surface area contributed by atoms with Crippen molar-refractivity contribution in [3.8, 4) is 22.8 Å². The summed E-state index contributed by atoms with van der Waals surface area (Å²) in [6, 6.07) is 26.4. The van der Waals surface area contributed by atoms with Crippen LogP contribution in [0.3, 0.4) is 0 Å². The summed E-state index contributed by atoms with van der Waals surface area (Å²) in [4.78, 5) is 22.8. The average Bonchev–Trinajstić information content (AvgIpc) is 3.28. The van der Waals surface area contributed by atoms with Crippen LogP contribution in [-0.2, 0) is 29.8 Å². The van der Waals surface area contributed by atoms with Crippen molar-refractivity contribution in [2.75, 3.05) is 11.9 Å². The summed E-state index contributed by atoms with van der Waals surface area (Å²) < 4.78 is 13.5. The maximum Gasteiger partial charge on any atom is 0.414 e. The molecule has 0 radical (unpaired) electrons. The van der Waals surface area contributed by atoms with Crippen LogP contribution in [0.4, 0.5) is 5.95 Å². The number of carboxylic acids is 2. The molecule has 0 bridgehead atoms. The number of carbonyl (C=O) groups is 2. The fraction of sp³-hybridized carbons (Fsp3) is 0.179. The highest BCUT2D eigenvalue weighted by Gasteiger charge is 2.09. The second-order valence-corrected chi connectivity index (χ2v) is 7.87. The summed E-state index contributed by atoms with van der Waals surface area (Å²) in [6.07, 6.45) is 1.89. The molecule has 4 rings (SSSR count). The van der Waals surface area contributed by atoms with Gasteiger partial charge in [0.2, 0.25) is 5.95 Å². The fourth-order valence-corrected chi connectivity index (χ4v) is 3.40. The molecule has 0 aliphatic rings. The third-order valence-electron chi connectivity index (χ3n) is 5.23. The Kier molecular flexibility index (Phi) is 9.66. The van der Waals surface area contributed by atoms with E-state index in [0.717, 1.165) is 39.8 Å². The Labute approximate surface area is 214 Å². The molecule has 37 heavy (non-hydrogen) atoms. The third kappa shape index (κ3) is 8.14. The van der Waals surface area contributed by atoms with Gasteiger partial charge in [0.15, 0.2) is 0 Å². The normalized spacial score (nSPS) is 10.1. The number of aromatic nitrogens is 2. The Bertz CT molecular complexity index is 1290. The molecule has 0 saturated heterocycles. The summed E-state index contributed by atoms with van der Waals surface area (Å²) >= 11 is 0. The molecule has 0 aliphatic heterocycles. The molecule has 0 spiro atoms. The molecular weight excluding hydrogens is 474 g/mol. The average molecular weight is 504 g/mol. The van der Waals surface area contributed by atoms with E-state index in [9.17, 15) is 0 Å². The molecule has 0 unspecified atom stereocenters. The molecule has 4 aromatic rings. The number of nitrogens with zero attached hydrogens (tertiary/aromatic N) is 2. The van der Waals surface area contributed by atoms with Gasteiger partial charge in [-0.15, -0.1) is 0 Å². The van der Waals surface area contributed by atoms with E-state index in [1.807, 2.05) is 62.6 Å². The third-order valence-corrected chi connectivity index (χ3v) is 5.23. The largest absolute Gasteiger partial charge is 0.494 e. The number of hydrogen-bond donors (Lipinski definition) is 3. The molecule has 1 heterocycles. The van der Waals surface area contributed by atoms with E-state index in [-0.39, 0.29) is 0 Å². The topological polar surface area (TPSA) is 123 Å². The highest BCUT2D eigenvalue weighted by atomic mass is 16.5. The summed E-state index contributed by atoms with van der Waals surface area (Å²) in [6.45, 7) is 3.87. The number of aliphatic carboxylic acids is 2. The zero-order valence-corrected chi connectivity index (χ0v) is 20.6. The van der Waals surface area contributed by atoms with Gasteiger partial charge in [-0.2, -0.15) is 0 Å². The second kappa shape index (κ2) is 13.3. The van der Waals surface area contributed by atoms with Gasteiger partial charge < -0.3 is 29.6 Å². The van der Waals surface area contributed by atoms with Crippen LogP contribution in [0.15, 0.2) is 85.1 Å². The fourth-order valence-electron chi connectivity index (χ4n) is 3.40. The standard InChI is InChI=1S/C26H27N3O2.C2H2O4/c1-3-30-23-14-12-22(13-15-23)25-18-28-26(29(25)2)27-17-21-10-7-11-24(16-21)31-19-20-8-5-4-6-9-20;3-1(4)2(5)6/h4-16,18H,3,17,19H2,1-2H3,(H,27,28);(H,3,4)(H,5,6). The number of nitrogens with one attached hydrogen (secondary N) is 1. The van der Waals surface area contributed by atoms with Crippen LogP contribution in [0.5, 0.6) is 11.5 Å². The second-order valence-electron chi connectivity index (χ2n) is 7.87. The first-order valence-corrected chi connectivity index (χ1v) is 11.6. The Morgan fingerprint density at radius 3 is 2.19 bits per heavy atom. The van der Waals surface area contributed by atoms with Crippen LogP contribution in [0.25, 0.3) is 11.3 Å². The molecule has 3 aromatic carbocycles. The molecule has 9 nitrogen and oxygen atoms in total. The van der Waals surface area contributed by atoms with Gasteiger partial charge in [-0.25, -0.2) is 14.6 Å². The summed E-state index contributed by atoms with van der Waals surface area (Å²) in [5, 5.41) is 18.2. The molecule has 9 heteroatoms. The van der Waals surface area contributed by atoms with E-state index in [0.29, 0.717) is 19.8 Å². The summed E-state index contributed by atoms with van der Waals surface area (Å²) in [5.41, 5.74) is 4.44. The first kappa shape index (κ1) is 26.8. The van der Waals surface area contributed by atoms with Crippen LogP contribution < -0.4 is 14.8 Å². The smallest absolute Gasteiger partial charge is 0.414 e. The molecule has 0 amide bonds. The quantitative estimate of drug-likeness (QED) is 0.278. The van der Waals surface area contributed by atoms with Gasteiger partial charge in [-0.3, -0.25) is 0 Å². The van der Waals surface area contributed by atoms with Crippen LogP contribution >= 0.6 is 0 Å². The maximum absolute atomic E-state index is 9.10. The van der Waals surface area contributed by atoms with E-state index in [4.69, 9.17) is 29.3 Å². The van der Waals surface area contributed by atoms with Crippen LogP contribution in [0, 0.1) is 0 Å². The van der Waals surface area contributed by atoms with Crippen molar-refractivity contribution in [3.05, 3.63) is 96.2 Å². The van der Waals surface area contributed by atoms with E-state index in [1.54, 1.807) is 0 Å². The first-order valence-electron chi connectivity index (χ1n) is 11.6. The zero-order chi connectivity index (χ0) is 26.6. The molecule has 192 valence electrons. The van der Waals surface area contributed by atoms with E-state index in [1.165, 1.54) is 0 Å². The van der Waals surface area contributed by atoms with E-state index in [2.05, 4.69) is 51.3 Å². The van der Waals surface area contributed by atoms with Gasteiger partial charge in [0, 0.05) is 19.2 Å². The van der Waals surface area contributed by atoms with Gasteiger partial charge in [0.05, 0.1) is 18.5 Å². The zero-order valence-electron chi connectivity index (χ0n) is 20.6. The van der Waals surface area contributed by atoms with E-state index >= 15 is 0 Å². The lowest BCUT2D eigenvalue weighted by Gasteiger charge is -2.11. The number of imidazole rings is 1. The summed E-state index contributed by atoms with van der Waals surface area (Å²) in [5.74, 6) is -1.09. The molecule has 0 atom stereocenters. The molecule has 0 fully saturated rings. The van der Waals surface area contributed by atoms with Crippen LogP contribution in [0.1, 0.15) is 18.1 Å². The number of rotatable bonds is 9. The number of hydrogen-bond acceptors (Lipinski definition) is 6. The SMILES string of the molecule is CCOc1ccc(-c2cnc(NCc3cccc(OCc4ccccc4)c3)n2C)cc1.O=C(O)C(=O)O. The Balaban J connectivity index is 0.000000568. The molecule has 0 aliphatic carbocycles. The van der Waals surface area contributed by atoms with Crippen molar-refractivity contribution in [1.29, 1.82) is 0 Å². The molecule has 3 N–H and O–H groups in total. The predicted octanol–water partition coefficient (Wildman–Crippen LogP) is 4.83. The van der Waals surface area contributed by atoms with Crippen molar-refractivity contribution in [1.82, 2.24) is 9.55 Å². The minimum atomic E-state index is -1.82. The number of ether oxygens (including phenoxy) is 2. The van der Waals surface area contributed by atoms with Gasteiger partial charge in [0.1, 0.15) is 18.1 Å². The summed E-state index contributed by atoms with van der Waals surface area (Å²) in [7, 11) is 2.01. The van der Waals surface area contributed by atoms with Crippen molar-refractivity contribution in [2.45, 2.75) is 20.1 Å². The molecule has 1 aromatic heterocycles.